The van der Waals surface area contributed by atoms with Crippen LogP contribution in [0.1, 0.15) is 0 Å². The van der Waals surface area contributed by atoms with E-state index >= 15 is 0 Å². The van der Waals surface area contributed by atoms with E-state index in [0.717, 1.165) is 0 Å². The molecule has 0 spiro atoms. The average Bonchev–Trinajstić information content (AvgIpc) is 2.71. The molecule has 226 valence electrons. The predicted octanol–water partition coefficient (Wildman–Crippen LogP) is 2.54. The molecule has 5 unspecified atom stereocenters. The minimum Gasteiger partial charge on any atom is -0.423 e. The van der Waals surface area contributed by atoms with Gasteiger partial charge in [-0.1, -0.05) is 0 Å². The van der Waals surface area contributed by atoms with E-state index in [1.807, 2.05) is 0 Å². The molecular weight excluding hydrogens is 644 g/mol. The lowest BCUT2D eigenvalue weighted by Crippen LogP contribution is -2.65. The molecule has 0 aromatic carbocycles. The lowest BCUT2D eigenvalue weighted by atomic mass is 10.2. The summed E-state index contributed by atoms with van der Waals surface area (Å²) in [5.41, 5.74) is 0. The zero-order valence-electron chi connectivity index (χ0n) is 20.5. The largest absolute Gasteiger partial charge is 0.462 e. The van der Waals surface area contributed by atoms with Crippen molar-refractivity contribution in [3.8, 4) is 0 Å². The number of alkyl halides is 11. The van der Waals surface area contributed by atoms with Crippen LogP contribution in [0.5, 0.6) is 0 Å². The van der Waals surface area contributed by atoms with Gasteiger partial charge in [0.2, 0.25) is 0 Å². The summed E-state index contributed by atoms with van der Waals surface area (Å²) in [7, 11) is -12.5. The predicted molar refractivity (Wildman–Crippen MR) is 120 cm³/mol. The summed E-state index contributed by atoms with van der Waals surface area (Å²) in [5, 5.41) is 0. The molecule has 0 aromatic heterocycles. The van der Waals surface area contributed by atoms with Gasteiger partial charge >= 0.3 is 38.8 Å². The smallest absolute Gasteiger partial charge is 0.423 e. The first-order chi connectivity index (χ1) is 16.9. The summed E-state index contributed by atoms with van der Waals surface area (Å²) in [6, 6.07) is 0. The second-order valence-corrected chi connectivity index (χ2v) is 19.5. The van der Waals surface area contributed by atoms with Crippen LogP contribution in [0.2, 0.25) is 26.2 Å². The third kappa shape index (κ3) is 9.16. The number of halogens is 11. The van der Waals surface area contributed by atoms with Gasteiger partial charge in [0.05, 0.1) is 6.17 Å². The van der Waals surface area contributed by atoms with Crippen molar-refractivity contribution < 1.29 is 78.4 Å². The van der Waals surface area contributed by atoms with Crippen LogP contribution >= 0.6 is 0 Å². The number of ether oxygens (including phenoxy) is 1. The molecule has 24 heteroatoms. The fourth-order valence-electron chi connectivity index (χ4n) is 2.78. The summed E-state index contributed by atoms with van der Waals surface area (Å²) in [6.45, 7) is 11.8. The minimum absolute atomic E-state index is 0.204. The highest BCUT2D eigenvalue weighted by molar-refractivity contribution is 6.79. The van der Waals surface area contributed by atoms with E-state index in [1.54, 1.807) is 6.55 Å². The third-order valence-electron chi connectivity index (χ3n) is 4.32. The second-order valence-electron chi connectivity index (χ2n) is 7.60. The van der Waals surface area contributed by atoms with Gasteiger partial charge in [0, 0.05) is 7.05 Å². The molecule has 1 aliphatic heterocycles. The number of likely N-dealkylation sites (N-methyl/N-ethyl adjacent to an activating group) is 1. The molecule has 0 aromatic rings. The van der Waals surface area contributed by atoms with E-state index in [2.05, 4.69) is 17.9 Å². The van der Waals surface area contributed by atoms with Crippen molar-refractivity contribution in [3.63, 3.8) is 0 Å². The van der Waals surface area contributed by atoms with Crippen LogP contribution in [0.15, 0.2) is 13.2 Å². The summed E-state index contributed by atoms with van der Waals surface area (Å²) in [6.07, 6.45) is -22.1. The van der Waals surface area contributed by atoms with Gasteiger partial charge < -0.3 is 25.5 Å². The molecule has 0 saturated carbocycles. The molecule has 5 atom stereocenters. The van der Waals surface area contributed by atoms with E-state index < -0.39 is 88.7 Å². The maximum atomic E-state index is 14.7. The van der Waals surface area contributed by atoms with Gasteiger partial charge in [-0.25, -0.2) is 0 Å². The van der Waals surface area contributed by atoms with Gasteiger partial charge in [-0.05, 0) is 26.2 Å². The zero-order chi connectivity index (χ0) is 30.5. The molecule has 1 rings (SSSR count). The Bertz CT molecular complexity index is 799. The highest BCUT2D eigenvalue weighted by Gasteiger charge is 2.80. The molecule has 0 N–H and O–H groups in total. The van der Waals surface area contributed by atoms with Gasteiger partial charge in [-0.3, -0.25) is 9.53 Å². The maximum Gasteiger partial charge on any atom is 0.462 e. The van der Waals surface area contributed by atoms with Crippen LogP contribution in [0.4, 0.5) is 48.3 Å². The first-order valence-electron chi connectivity index (χ1n) is 10.2. The van der Waals surface area contributed by atoms with Crippen molar-refractivity contribution in [1.82, 2.24) is 4.90 Å². The minimum atomic E-state index is -7.28. The lowest BCUT2D eigenvalue weighted by molar-refractivity contribution is -0.473. The monoisotopic (exact) mass is 669 g/mol. The first kappa shape index (κ1) is 37.3. The molecule has 1 saturated heterocycles. The topological polar surface area (TPSA) is 75.7 Å². The van der Waals surface area contributed by atoms with Gasteiger partial charge in [0.15, 0.2) is 0 Å². The highest BCUT2D eigenvalue weighted by Crippen LogP contribution is 2.51. The third-order valence-corrected chi connectivity index (χ3v) is 19.9. The number of rotatable bonds is 6. The van der Waals surface area contributed by atoms with Crippen molar-refractivity contribution in [3.05, 3.63) is 13.2 Å². The van der Waals surface area contributed by atoms with E-state index in [9.17, 15) is 53.1 Å². The second kappa shape index (κ2) is 13.3. The van der Waals surface area contributed by atoms with E-state index in [1.165, 1.54) is 19.6 Å². The molecule has 1 fully saturated rings. The van der Waals surface area contributed by atoms with Gasteiger partial charge in [0.25, 0.3) is 43.8 Å². The van der Waals surface area contributed by atoms with E-state index in [0.29, 0.717) is 7.05 Å². The standard InChI is InChI=1S/C12H22F11NO7Si5.C2H4/c1-24(6-36(5)30-34(3)28-32-27-33(2)29-35(4)31-36)7(25)8(13,10(16,17)18)26-12(22,23)9(14,15)11(19,20)21;1-2/h33-35H,6,32H2,1-5H3;1-2H2. The quantitative estimate of drug-likeness (QED) is 0.245. The summed E-state index contributed by atoms with van der Waals surface area (Å²) in [4.78, 5) is 12.1. The number of hydrogen-bond acceptors (Lipinski definition) is 7. The number of nitrogens with zero attached hydrogens (tertiary/aromatic N) is 1. The molecule has 38 heavy (non-hydrogen) atoms. The Morgan fingerprint density at radius 2 is 1.32 bits per heavy atom. The van der Waals surface area contributed by atoms with Crippen molar-refractivity contribution in [2.24, 2.45) is 0 Å². The van der Waals surface area contributed by atoms with Crippen LogP contribution in [-0.2, 0) is 30.1 Å². The Labute approximate surface area is 218 Å². The van der Waals surface area contributed by atoms with Crippen molar-refractivity contribution in [2.45, 2.75) is 56.4 Å². The summed E-state index contributed by atoms with van der Waals surface area (Å²) >= 11 is 0. The van der Waals surface area contributed by atoms with Crippen LogP contribution in [-0.4, -0.2) is 101 Å². The number of carbonyl (C=O) groups is 1. The zero-order valence-corrected chi connectivity index (χ0v) is 26.4. The Kier molecular flexibility index (Phi) is 13.0. The van der Waals surface area contributed by atoms with Crippen LogP contribution in [0.25, 0.3) is 0 Å². The fraction of sp³-hybridized carbons (Fsp3) is 0.786. The van der Waals surface area contributed by atoms with E-state index in [4.69, 9.17) is 20.6 Å². The van der Waals surface area contributed by atoms with Crippen LogP contribution in [0, 0.1) is 0 Å². The normalized spacial score (nSPS) is 28.6. The number of hydrogen-bond donors (Lipinski definition) is 0. The van der Waals surface area contributed by atoms with Gasteiger partial charge in [-0.15, -0.1) is 13.2 Å². The Morgan fingerprint density at radius 1 is 0.868 bits per heavy atom. The Morgan fingerprint density at radius 3 is 1.76 bits per heavy atom. The lowest BCUT2D eigenvalue weighted by Gasteiger charge is -2.39. The van der Waals surface area contributed by atoms with Crippen molar-refractivity contribution in [1.29, 1.82) is 0 Å². The summed E-state index contributed by atoms with van der Waals surface area (Å²) < 4.78 is 175. The maximum absolute atomic E-state index is 14.7. The summed E-state index contributed by atoms with van der Waals surface area (Å²) in [5.74, 6) is -16.6. The fourth-order valence-corrected chi connectivity index (χ4v) is 18.1. The highest BCUT2D eigenvalue weighted by atomic mass is 28.5. The van der Waals surface area contributed by atoms with Crippen LogP contribution in [0.3, 0.4) is 0 Å². The van der Waals surface area contributed by atoms with Gasteiger partial charge in [-0.2, -0.15) is 48.3 Å². The molecule has 1 aliphatic rings. The molecule has 0 bridgehead atoms. The Hall–Kier alpha value is -0.716. The van der Waals surface area contributed by atoms with Crippen LogP contribution < -0.4 is 0 Å². The molecular formula is C14H26F11NO7Si5. The van der Waals surface area contributed by atoms with Crippen molar-refractivity contribution in [2.75, 3.05) is 13.2 Å². The molecule has 1 heterocycles. The molecule has 0 radical (unpaired) electrons. The first-order valence-corrected chi connectivity index (χ1v) is 20.1. The number of carbonyl (C=O) groups excluding carboxylic acids is 1. The van der Waals surface area contributed by atoms with Crippen molar-refractivity contribution >= 4 is 52.3 Å². The number of amides is 1. The van der Waals surface area contributed by atoms with E-state index in [-0.39, 0.29) is 4.90 Å². The average molecular weight is 670 g/mol. The Balaban J connectivity index is 0.00000667. The molecule has 8 nitrogen and oxygen atoms in total. The molecule has 1 amide bonds. The van der Waals surface area contributed by atoms with Gasteiger partial charge in [0.1, 0.15) is 0 Å². The SMILES string of the molecule is C=C.CN(C[Si]1(C)O[SiH](C)O[SiH2]O[SiH](C)O[SiH](C)O1)C(=O)C(F)(OC(F)(F)C(F)(F)C(F)(F)F)C(F)(F)F. The molecule has 0 aliphatic carbocycles.